The van der Waals surface area contributed by atoms with Crippen LogP contribution in [0.1, 0.15) is 26.3 Å². The van der Waals surface area contributed by atoms with E-state index in [1.165, 1.54) is 23.9 Å². The minimum atomic E-state index is -3.76. The van der Waals surface area contributed by atoms with Gasteiger partial charge in [-0.15, -0.1) is 11.8 Å². The number of amides is 1. The second-order valence-corrected chi connectivity index (χ2v) is 9.71. The summed E-state index contributed by atoms with van der Waals surface area (Å²) >= 11 is 1.44. The van der Waals surface area contributed by atoms with E-state index in [9.17, 15) is 13.2 Å². The Morgan fingerprint density at radius 2 is 1.76 bits per heavy atom. The van der Waals surface area contributed by atoms with E-state index < -0.39 is 16.1 Å². The number of aryl methyl sites for hydroxylation is 1. The number of carbonyl (C=O) groups is 1. The quantitative estimate of drug-likeness (QED) is 0.579. The maximum absolute atomic E-state index is 12.8. The molecule has 0 saturated heterocycles. The van der Waals surface area contributed by atoms with Crippen LogP contribution < -0.4 is 14.8 Å². The molecule has 0 bridgehead atoms. The number of ether oxygens (including phenoxy) is 1. The average molecular weight is 437 g/mol. The van der Waals surface area contributed by atoms with Crippen molar-refractivity contribution in [3.05, 3.63) is 48.0 Å². The molecule has 2 aromatic carbocycles. The fourth-order valence-electron chi connectivity index (χ4n) is 2.45. The molecule has 0 aliphatic rings. The molecule has 29 heavy (non-hydrogen) atoms. The van der Waals surface area contributed by atoms with E-state index in [2.05, 4.69) is 10.0 Å². The Hall–Kier alpha value is -2.03. The molecular weight excluding hydrogens is 408 g/mol. The van der Waals surface area contributed by atoms with Crippen LogP contribution in [0.15, 0.2) is 52.3 Å². The van der Waals surface area contributed by atoms with Crippen molar-refractivity contribution in [2.75, 3.05) is 18.2 Å². The lowest BCUT2D eigenvalue weighted by Crippen LogP contribution is -2.36. The van der Waals surface area contributed by atoms with Crippen molar-refractivity contribution in [2.45, 2.75) is 43.5 Å². The molecule has 2 N–H and O–H groups in total. The monoisotopic (exact) mass is 436 g/mol. The molecule has 0 saturated carbocycles. The molecule has 2 aromatic rings. The van der Waals surface area contributed by atoms with E-state index in [0.717, 1.165) is 10.5 Å². The molecule has 1 amide bonds. The lowest BCUT2D eigenvalue weighted by atomic mass is 10.2. The van der Waals surface area contributed by atoms with Gasteiger partial charge in [-0.2, -0.15) is 0 Å². The minimum absolute atomic E-state index is 0.0940. The lowest BCUT2D eigenvalue weighted by Gasteiger charge is -2.17. The predicted molar refractivity (Wildman–Crippen MR) is 118 cm³/mol. The molecule has 1 atom stereocenters. The van der Waals surface area contributed by atoms with Crippen molar-refractivity contribution in [1.82, 2.24) is 4.72 Å². The first kappa shape index (κ1) is 23.3. The van der Waals surface area contributed by atoms with E-state index >= 15 is 0 Å². The van der Waals surface area contributed by atoms with E-state index in [1.807, 2.05) is 37.4 Å². The molecule has 0 heterocycles. The first-order chi connectivity index (χ1) is 13.6. The summed E-state index contributed by atoms with van der Waals surface area (Å²) in [5.41, 5.74) is 1.61. The number of hydrogen-bond donors (Lipinski definition) is 2. The summed E-state index contributed by atoms with van der Waals surface area (Å²) in [5, 5.41) is 2.80. The summed E-state index contributed by atoms with van der Waals surface area (Å²) < 4.78 is 33.8. The number of carbonyl (C=O) groups excluding carboxylic acids is 1. The Morgan fingerprint density at radius 3 is 2.34 bits per heavy atom. The largest absolute Gasteiger partial charge is 0.492 e. The first-order valence-corrected chi connectivity index (χ1v) is 12.0. The van der Waals surface area contributed by atoms with E-state index in [4.69, 9.17) is 4.74 Å². The highest BCUT2D eigenvalue weighted by Gasteiger charge is 2.20. The topological polar surface area (TPSA) is 84.5 Å². The molecule has 0 fully saturated rings. The molecule has 8 heteroatoms. The van der Waals surface area contributed by atoms with Gasteiger partial charge in [0.1, 0.15) is 12.4 Å². The van der Waals surface area contributed by atoms with Gasteiger partial charge in [-0.05, 0) is 50.4 Å². The predicted octanol–water partition coefficient (Wildman–Crippen LogP) is 4.06. The zero-order chi connectivity index (χ0) is 21.6. The van der Waals surface area contributed by atoms with Gasteiger partial charge in [0.25, 0.3) is 0 Å². The zero-order valence-corrected chi connectivity index (χ0v) is 19.0. The van der Waals surface area contributed by atoms with Crippen molar-refractivity contribution in [2.24, 2.45) is 5.92 Å². The van der Waals surface area contributed by atoms with Crippen LogP contribution in [-0.2, 0) is 14.8 Å². The van der Waals surface area contributed by atoms with Gasteiger partial charge in [-0.3, -0.25) is 4.79 Å². The Bertz CT molecular complexity index is 942. The Kier molecular flexibility index (Phi) is 8.13. The zero-order valence-electron chi connectivity index (χ0n) is 17.4. The van der Waals surface area contributed by atoms with Gasteiger partial charge in [-0.1, -0.05) is 31.5 Å². The van der Waals surface area contributed by atoms with Crippen molar-refractivity contribution < 1.29 is 17.9 Å². The fourth-order valence-corrected chi connectivity index (χ4v) is 4.24. The van der Waals surface area contributed by atoms with Gasteiger partial charge in [0.05, 0.1) is 16.6 Å². The van der Waals surface area contributed by atoms with Crippen LogP contribution in [0.3, 0.4) is 0 Å². The third-order valence-corrected chi connectivity index (χ3v) is 6.52. The van der Waals surface area contributed by atoms with Gasteiger partial charge in [0.15, 0.2) is 0 Å². The first-order valence-electron chi connectivity index (χ1n) is 9.33. The summed E-state index contributed by atoms with van der Waals surface area (Å²) in [5.74, 6) is 0.314. The van der Waals surface area contributed by atoms with Crippen LogP contribution in [0.2, 0.25) is 0 Å². The minimum Gasteiger partial charge on any atom is -0.492 e. The summed E-state index contributed by atoms with van der Waals surface area (Å²) in [4.78, 5) is 13.0. The molecule has 0 aliphatic heterocycles. The van der Waals surface area contributed by atoms with Gasteiger partial charge < -0.3 is 10.1 Å². The maximum atomic E-state index is 12.8. The van der Waals surface area contributed by atoms with Crippen molar-refractivity contribution in [3.63, 3.8) is 0 Å². The lowest BCUT2D eigenvalue weighted by molar-refractivity contribution is -0.118. The second kappa shape index (κ2) is 10.1. The van der Waals surface area contributed by atoms with Crippen molar-refractivity contribution in [1.29, 1.82) is 0 Å². The highest BCUT2D eigenvalue weighted by atomic mass is 32.2. The Morgan fingerprint density at radius 1 is 1.10 bits per heavy atom. The number of thioether (sulfide) groups is 1. The van der Waals surface area contributed by atoms with E-state index in [1.54, 1.807) is 26.8 Å². The summed E-state index contributed by atoms with van der Waals surface area (Å²) in [6.07, 6.45) is 1.87. The Balaban J connectivity index is 2.10. The van der Waals surface area contributed by atoms with E-state index in [-0.39, 0.29) is 23.3 Å². The number of rotatable bonds is 9. The van der Waals surface area contributed by atoms with E-state index in [0.29, 0.717) is 11.4 Å². The normalized spacial score (nSPS) is 12.6. The van der Waals surface area contributed by atoms with Gasteiger partial charge >= 0.3 is 0 Å². The SMILES string of the molecule is CSc1ccc(S(=O)(=O)N[C@@H](C)COc2ccc(C)cc2)cc1NC(=O)C(C)C. The van der Waals surface area contributed by atoms with Gasteiger partial charge in [-0.25, -0.2) is 13.1 Å². The third kappa shape index (κ3) is 6.76. The van der Waals surface area contributed by atoms with Crippen molar-refractivity contribution >= 4 is 33.4 Å². The molecule has 0 unspecified atom stereocenters. The molecule has 0 radical (unpaired) electrons. The highest BCUT2D eigenvalue weighted by molar-refractivity contribution is 7.98. The van der Waals surface area contributed by atoms with Crippen LogP contribution >= 0.6 is 11.8 Å². The fraction of sp³-hybridized carbons (Fsp3) is 0.381. The van der Waals surface area contributed by atoms with Crippen LogP contribution in [0.25, 0.3) is 0 Å². The van der Waals surface area contributed by atoms with Gasteiger partial charge in [0.2, 0.25) is 15.9 Å². The second-order valence-electron chi connectivity index (χ2n) is 7.15. The van der Waals surface area contributed by atoms with Crippen LogP contribution in [0.5, 0.6) is 5.75 Å². The van der Waals surface area contributed by atoms with Crippen LogP contribution in [0.4, 0.5) is 5.69 Å². The highest BCUT2D eigenvalue weighted by Crippen LogP contribution is 2.28. The summed E-state index contributed by atoms with van der Waals surface area (Å²) in [6, 6.07) is 11.9. The molecule has 6 nitrogen and oxygen atoms in total. The molecular formula is C21H28N2O4S2. The number of benzene rings is 2. The number of hydrogen-bond acceptors (Lipinski definition) is 5. The summed E-state index contributed by atoms with van der Waals surface area (Å²) in [7, 11) is -3.76. The molecule has 158 valence electrons. The summed E-state index contributed by atoms with van der Waals surface area (Å²) in [6.45, 7) is 7.49. The average Bonchev–Trinajstić information content (AvgIpc) is 2.67. The number of anilines is 1. The third-order valence-electron chi connectivity index (χ3n) is 4.14. The smallest absolute Gasteiger partial charge is 0.241 e. The van der Waals surface area contributed by atoms with Crippen molar-refractivity contribution in [3.8, 4) is 5.75 Å². The van der Waals surface area contributed by atoms with Crippen LogP contribution in [-0.4, -0.2) is 33.2 Å². The van der Waals surface area contributed by atoms with Gasteiger partial charge in [0, 0.05) is 10.8 Å². The Labute approximate surface area is 177 Å². The molecule has 0 spiro atoms. The van der Waals surface area contributed by atoms with Crippen LogP contribution in [0, 0.1) is 12.8 Å². The standard InChI is InChI=1S/C21H28N2O4S2/c1-14(2)21(24)22-19-12-18(10-11-20(19)28-5)29(25,26)23-16(4)13-27-17-8-6-15(3)7-9-17/h6-12,14,16,23H,13H2,1-5H3,(H,22,24)/t16-/m0/s1. The molecule has 0 aromatic heterocycles. The number of sulfonamides is 1. The maximum Gasteiger partial charge on any atom is 0.241 e. The molecule has 0 aliphatic carbocycles. The molecule has 2 rings (SSSR count). The number of nitrogens with one attached hydrogen (secondary N) is 2.